The number of carbonyl (C=O) groups excluding carboxylic acids is 1. The lowest BCUT2D eigenvalue weighted by molar-refractivity contribution is -0.141. The fourth-order valence-corrected chi connectivity index (χ4v) is 3.77. The summed E-state index contributed by atoms with van der Waals surface area (Å²) in [7, 11) is 0. The molecule has 0 aromatic heterocycles. The number of amides is 1. The van der Waals surface area contributed by atoms with Crippen molar-refractivity contribution >= 4 is 5.91 Å². The number of nitrogens with zero attached hydrogens (tertiary/aromatic N) is 1. The lowest BCUT2D eigenvalue weighted by atomic mass is 9.81. The van der Waals surface area contributed by atoms with Gasteiger partial charge in [0.05, 0.1) is 0 Å². The van der Waals surface area contributed by atoms with Gasteiger partial charge in [0.15, 0.2) is 0 Å². The van der Waals surface area contributed by atoms with Crippen molar-refractivity contribution in [3.05, 3.63) is 0 Å². The molecule has 0 saturated heterocycles. The normalized spacial score (nSPS) is 24.2. The molecule has 1 amide bonds. The third-order valence-electron chi connectivity index (χ3n) is 5.10. The van der Waals surface area contributed by atoms with Crippen LogP contribution in [0.2, 0.25) is 0 Å². The molecule has 2 heteroatoms. The average Bonchev–Trinajstić information content (AvgIpc) is 2.88. The molecule has 0 aromatic rings. The molecule has 2 nitrogen and oxygen atoms in total. The molecule has 1 saturated carbocycles. The van der Waals surface area contributed by atoms with Crippen molar-refractivity contribution in [1.29, 1.82) is 0 Å². The maximum absolute atomic E-state index is 13.0. The maximum Gasteiger partial charge on any atom is 0.226 e. The quantitative estimate of drug-likeness (QED) is 0.645. The van der Waals surface area contributed by atoms with E-state index in [-0.39, 0.29) is 5.92 Å². The Morgan fingerprint density at radius 2 is 1.71 bits per heavy atom. The maximum atomic E-state index is 13.0. The van der Waals surface area contributed by atoms with Crippen molar-refractivity contribution < 1.29 is 4.79 Å². The zero-order chi connectivity index (χ0) is 16.6. The molecule has 1 aliphatic carbocycles. The van der Waals surface area contributed by atoms with E-state index in [1.165, 1.54) is 19.3 Å². The van der Waals surface area contributed by atoms with Crippen molar-refractivity contribution in [1.82, 2.24) is 4.90 Å². The van der Waals surface area contributed by atoms with Crippen molar-refractivity contribution in [2.45, 2.75) is 87.1 Å². The average molecular weight is 298 g/mol. The van der Waals surface area contributed by atoms with E-state index in [2.05, 4.69) is 46.4 Å². The SMILES string of the molecule is CC.CCC(C)C(C(=O)N(CC)C1CCCC1C)C(C)C. The fourth-order valence-electron chi connectivity index (χ4n) is 3.77. The van der Waals surface area contributed by atoms with Gasteiger partial charge >= 0.3 is 0 Å². The zero-order valence-corrected chi connectivity index (χ0v) is 15.8. The van der Waals surface area contributed by atoms with Gasteiger partial charge in [-0.1, -0.05) is 61.3 Å². The van der Waals surface area contributed by atoms with Crippen molar-refractivity contribution in [2.24, 2.45) is 23.7 Å². The first-order chi connectivity index (χ1) is 9.93. The molecule has 4 atom stereocenters. The summed E-state index contributed by atoms with van der Waals surface area (Å²) >= 11 is 0. The molecule has 0 aliphatic heterocycles. The molecule has 0 bridgehead atoms. The minimum Gasteiger partial charge on any atom is -0.339 e. The van der Waals surface area contributed by atoms with Gasteiger partial charge in [0.2, 0.25) is 5.91 Å². The first-order valence-electron chi connectivity index (χ1n) is 9.24. The molecule has 0 aromatic carbocycles. The van der Waals surface area contributed by atoms with Crippen LogP contribution in [0.4, 0.5) is 0 Å². The van der Waals surface area contributed by atoms with Crippen molar-refractivity contribution in [2.75, 3.05) is 6.54 Å². The van der Waals surface area contributed by atoms with Crippen LogP contribution in [0.3, 0.4) is 0 Å². The van der Waals surface area contributed by atoms with E-state index in [1.54, 1.807) is 0 Å². The van der Waals surface area contributed by atoms with Gasteiger partial charge < -0.3 is 4.90 Å². The van der Waals surface area contributed by atoms with E-state index in [4.69, 9.17) is 0 Å². The van der Waals surface area contributed by atoms with Crippen LogP contribution >= 0.6 is 0 Å². The molecule has 0 N–H and O–H groups in total. The Morgan fingerprint density at radius 3 is 2.05 bits per heavy atom. The second-order valence-electron chi connectivity index (χ2n) is 6.76. The summed E-state index contributed by atoms with van der Waals surface area (Å²) in [5, 5.41) is 0. The Labute approximate surface area is 133 Å². The Bertz CT molecular complexity index is 287. The highest BCUT2D eigenvalue weighted by Crippen LogP contribution is 2.33. The Kier molecular flexibility index (Phi) is 9.98. The summed E-state index contributed by atoms with van der Waals surface area (Å²) in [6.45, 7) is 18.1. The van der Waals surface area contributed by atoms with E-state index in [0.29, 0.717) is 29.7 Å². The van der Waals surface area contributed by atoms with Crippen LogP contribution in [0.15, 0.2) is 0 Å². The molecular weight excluding hydrogens is 258 g/mol. The molecule has 1 aliphatic rings. The first-order valence-corrected chi connectivity index (χ1v) is 9.24. The number of hydrogen-bond acceptors (Lipinski definition) is 1. The summed E-state index contributed by atoms with van der Waals surface area (Å²) in [6.07, 6.45) is 4.86. The standard InChI is InChI=1S/C17H33NO.C2H6/c1-7-13(5)16(12(3)4)17(19)18(8-2)15-11-9-10-14(15)6;1-2/h12-16H,7-11H2,1-6H3;1-2H3. The van der Waals surface area contributed by atoms with Crippen LogP contribution in [0.25, 0.3) is 0 Å². The van der Waals surface area contributed by atoms with Crippen LogP contribution in [0.5, 0.6) is 0 Å². The summed E-state index contributed by atoms with van der Waals surface area (Å²) in [5.74, 6) is 2.20. The largest absolute Gasteiger partial charge is 0.339 e. The van der Waals surface area contributed by atoms with Crippen LogP contribution < -0.4 is 0 Å². The third kappa shape index (κ3) is 5.30. The van der Waals surface area contributed by atoms with E-state index in [0.717, 1.165) is 13.0 Å². The van der Waals surface area contributed by atoms with Crippen LogP contribution in [-0.4, -0.2) is 23.4 Å². The van der Waals surface area contributed by atoms with Gasteiger partial charge in [0.25, 0.3) is 0 Å². The minimum absolute atomic E-state index is 0.192. The molecule has 0 spiro atoms. The van der Waals surface area contributed by atoms with Gasteiger partial charge in [-0.2, -0.15) is 0 Å². The van der Waals surface area contributed by atoms with E-state index >= 15 is 0 Å². The monoisotopic (exact) mass is 297 g/mol. The Hall–Kier alpha value is -0.530. The van der Waals surface area contributed by atoms with Gasteiger partial charge in [0, 0.05) is 18.5 Å². The molecule has 0 radical (unpaired) electrons. The smallest absolute Gasteiger partial charge is 0.226 e. The van der Waals surface area contributed by atoms with Gasteiger partial charge in [-0.15, -0.1) is 0 Å². The van der Waals surface area contributed by atoms with E-state index in [9.17, 15) is 4.79 Å². The second-order valence-corrected chi connectivity index (χ2v) is 6.76. The third-order valence-corrected chi connectivity index (χ3v) is 5.10. The molecule has 1 rings (SSSR count). The molecule has 4 unspecified atom stereocenters. The zero-order valence-electron chi connectivity index (χ0n) is 15.8. The summed E-state index contributed by atoms with van der Waals surface area (Å²) in [4.78, 5) is 15.2. The highest BCUT2D eigenvalue weighted by atomic mass is 16.2. The predicted molar refractivity (Wildman–Crippen MR) is 93.3 cm³/mol. The highest BCUT2D eigenvalue weighted by molar-refractivity contribution is 5.79. The lowest BCUT2D eigenvalue weighted by Crippen LogP contribution is -2.47. The van der Waals surface area contributed by atoms with Gasteiger partial charge in [-0.3, -0.25) is 4.79 Å². The molecule has 21 heavy (non-hydrogen) atoms. The fraction of sp³-hybridized carbons (Fsp3) is 0.947. The van der Waals surface area contributed by atoms with E-state index in [1.807, 2.05) is 13.8 Å². The summed E-state index contributed by atoms with van der Waals surface area (Å²) in [5.41, 5.74) is 0. The topological polar surface area (TPSA) is 20.3 Å². The number of hydrogen-bond donors (Lipinski definition) is 0. The lowest BCUT2D eigenvalue weighted by Gasteiger charge is -2.37. The van der Waals surface area contributed by atoms with Gasteiger partial charge in [-0.05, 0) is 37.5 Å². The van der Waals surface area contributed by atoms with Gasteiger partial charge in [0.1, 0.15) is 0 Å². The first kappa shape index (κ1) is 20.5. The number of rotatable bonds is 6. The molecular formula is C19H39NO. The van der Waals surface area contributed by atoms with E-state index < -0.39 is 0 Å². The van der Waals surface area contributed by atoms with Gasteiger partial charge in [-0.25, -0.2) is 0 Å². The second kappa shape index (κ2) is 10.2. The van der Waals surface area contributed by atoms with Crippen molar-refractivity contribution in [3.63, 3.8) is 0 Å². The van der Waals surface area contributed by atoms with Crippen molar-refractivity contribution in [3.8, 4) is 0 Å². The van der Waals surface area contributed by atoms with Crippen LogP contribution in [0, 0.1) is 23.7 Å². The Balaban J connectivity index is 0.00000191. The number of carbonyl (C=O) groups is 1. The molecule has 1 fully saturated rings. The highest BCUT2D eigenvalue weighted by Gasteiger charge is 2.36. The summed E-state index contributed by atoms with van der Waals surface area (Å²) < 4.78 is 0. The van der Waals surface area contributed by atoms with Crippen LogP contribution in [0.1, 0.15) is 81.1 Å². The Morgan fingerprint density at radius 1 is 1.14 bits per heavy atom. The minimum atomic E-state index is 0.192. The summed E-state index contributed by atoms with van der Waals surface area (Å²) in [6, 6.07) is 0.489. The molecule has 126 valence electrons. The molecule has 0 heterocycles. The predicted octanol–water partition coefficient (Wildman–Crippen LogP) is 5.37. The van der Waals surface area contributed by atoms with Crippen LogP contribution in [-0.2, 0) is 4.79 Å².